The number of nitrogens with one attached hydrogen (secondary N) is 2. The van der Waals surface area contributed by atoms with Crippen LogP contribution in [0.4, 0.5) is 15.3 Å². The summed E-state index contributed by atoms with van der Waals surface area (Å²) in [5.74, 6) is 0. The van der Waals surface area contributed by atoms with Crippen molar-refractivity contribution in [2.45, 2.75) is 0 Å². The Balaban J connectivity index is 2.91. The molecule has 0 saturated carbocycles. The van der Waals surface area contributed by atoms with Crippen molar-refractivity contribution < 1.29 is 19.5 Å². The van der Waals surface area contributed by atoms with Crippen molar-refractivity contribution in [3.63, 3.8) is 0 Å². The highest BCUT2D eigenvalue weighted by Gasteiger charge is 2.22. The van der Waals surface area contributed by atoms with Crippen molar-refractivity contribution in [1.82, 2.24) is 10.6 Å². The summed E-state index contributed by atoms with van der Waals surface area (Å²) >= 11 is 0. The lowest BCUT2D eigenvalue weighted by molar-refractivity contribution is -0.107. The fourth-order valence-electron chi connectivity index (χ4n) is 1.26. The first-order valence-electron chi connectivity index (χ1n) is 5.16. The number of hydrogen-bond donors (Lipinski definition) is 3. The number of rotatable bonds is 4. The Morgan fingerprint density at radius 1 is 1.17 bits per heavy atom. The first kappa shape index (κ1) is 13.7. The minimum absolute atomic E-state index is 0.200. The third kappa shape index (κ3) is 3.56. The first-order valence-corrected chi connectivity index (χ1v) is 5.16. The Bertz CT molecular complexity index is 422. The molecular formula is C11H13N3O4. The van der Waals surface area contributed by atoms with E-state index in [1.54, 1.807) is 30.3 Å². The van der Waals surface area contributed by atoms with Crippen molar-refractivity contribution in [1.29, 1.82) is 0 Å². The summed E-state index contributed by atoms with van der Waals surface area (Å²) in [6, 6.07) is 6.61. The number of benzene rings is 1. The van der Waals surface area contributed by atoms with Gasteiger partial charge in [0, 0.05) is 0 Å². The molecule has 0 aliphatic carbocycles. The van der Waals surface area contributed by atoms with Crippen LogP contribution in [-0.4, -0.2) is 36.7 Å². The van der Waals surface area contributed by atoms with E-state index in [9.17, 15) is 14.4 Å². The predicted molar refractivity (Wildman–Crippen MR) is 64.0 cm³/mol. The van der Waals surface area contributed by atoms with Crippen molar-refractivity contribution in [3.8, 4) is 0 Å². The highest BCUT2D eigenvalue weighted by atomic mass is 16.3. The van der Waals surface area contributed by atoms with Crippen molar-refractivity contribution in [2.75, 3.05) is 18.2 Å². The summed E-state index contributed by atoms with van der Waals surface area (Å²) in [7, 11) is 0. The zero-order chi connectivity index (χ0) is 13.4. The molecule has 1 aromatic carbocycles. The van der Waals surface area contributed by atoms with Crippen LogP contribution in [0.25, 0.3) is 0 Å². The van der Waals surface area contributed by atoms with E-state index >= 15 is 0 Å². The zero-order valence-corrected chi connectivity index (χ0v) is 9.50. The maximum absolute atomic E-state index is 11.7. The molecule has 1 rings (SSSR count). The Morgan fingerprint density at radius 3 is 2.33 bits per heavy atom. The molecule has 4 amide bonds. The fraction of sp³-hybridized carbons (Fsp3) is 0.182. The fourth-order valence-corrected chi connectivity index (χ4v) is 1.26. The Morgan fingerprint density at radius 2 is 1.78 bits per heavy atom. The van der Waals surface area contributed by atoms with E-state index in [1.807, 2.05) is 0 Å². The van der Waals surface area contributed by atoms with Gasteiger partial charge in [0.1, 0.15) is 13.0 Å². The van der Waals surface area contributed by atoms with E-state index in [2.05, 4.69) is 10.6 Å². The molecule has 7 heteroatoms. The van der Waals surface area contributed by atoms with E-state index in [1.165, 1.54) is 0 Å². The average molecular weight is 251 g/mol. The predicted octanol–water partition coefficient (Wildman–Crippen LogP) is 0.0609. The van der Waals surface area contributed by atoms with Crippen LogP contribution in [0.5, 0.6) is 0 Å². The van der Waals surface area contributed by atoms with Crippen LogP contribution in [0.15, 0.2) is 30.3 Å². The number of imide groups is 1. The van der Waals surface area contributed by atoms with E-state index < -0.39 is 18.8 Å². The van der Waals surface area contributed by atoms with Crippen molar-refractivity contribution >= 4 is 24.0 Å². The SMILES string of the molecule is O=CCNC(=O)N(C(=O)NCO)c1ccccc1. The van der Waals surface area contributed by atoms with Crippen LogP contribution in [0.3, 0.4) is 0 Å². The molecule has 0 heterocycles. The lowest BCUT2D eigenvalue weighted by Gasteiger charge is -2.20. The third-order valence-electron chi connectivity index (χ3n) is 1.99. The van der Waals surface area contributed by atoms with Crippen molar-refractivity contribution in [3.05, 3.63) is 30.3 Å². The molecular weight excluding hydrogens is 238 g/mol. The monoisotopic (exact) mass is 251 g/mol. The molecule has 0 spiro atoms. The van der Waals surface area contributed by atoms with Gasteiger partial charge in [-0.2, -0.15) is 0 Å². The van der Waals surface area contributed by atoms with Gasteiger partial charge in [0.2, 0.25) is 0 Å². The van der Waals surface area contributed by atoms with Gasteiger partial charge in [-0.3, -0.25) is 0 Å². The van der Waals surface area contributed by atoms with Gasteiger partial charge in [-0.1, -0.05) is 18.2 Å². The van der Waals surface area contributed by atoms with E-state index in [4.69, 9.17) is 5.11 Å². The van der Waals surface area contributed by atoms with Crippen LogP contribution >= 0.6 is 0 Å². The van der Waals surface area contributed by atoms with E-state index in [-0.39, 0.29) is 6.54 Å². The summed E-state index contributed by atoms with van der Waals surface area (Å²) < 4.78 is 0. The largest absolute Gasteiger partial charge is 0.376 e. The van der Waals surface area contributed by atoms with Gasteiger partial charge < -0.3 is 20.5 Å². The van der Waals surface area contributed by atoms with Crippen LogP contribution in [0, 0.1) is 0 Å². The molecule has 0 unspecified atom stereocenters. The number of aldehydes is 1. The number of amides is 4. The van der Waals surface area contributed by atoms with Crippen LogP contribution in [0.1, 0.15) is 0 Å². The quantitative estimate of drug-likeness (QED) is 0.520. The van der Waals surface area contributed by atoms with E-state index in [0.717, 1.165) is 4.90 Å². The van der Waals surface area contributed by atoms with Gasteiger partial charge in [0.15, 0.2) is 0 Å². The lowest BCUT2D eigenvalue weighted by atomic mass is 10.3. The third-order valence-corrected chi connectivity index (χ3v) is 1.99. The van der Waals surface area contributed by atoms with Crippen LogP contribution in [-0.2, 0) is 4.79 Å². The van der Waals surface area contributed by atoms with Gasteiger partial charge >= 0.3 is 12.1 Å². The molecule has 0 fully saturated rings. The van der Waals surface area contributed by atoms with Gasteiger partial charge in [0.05, 0.1) is 12.2 Å². The second-order valence-electron chi connectivity index (χ2n) is 3.16. The number of nitrogens with zero attached hydrogens (tertiary/aromatic N) is 1. The molecule has 96 valence electrons. The minimum atomic E-state index is -0.785. The second kappa shape index (κ2) is 7.02. The minimum Gasteiger partial charge on any atom is -0.376 e. The molecule has 0 bridgehead atoms. The van der Waals surface area contributed by atoms with Gasteiger partial charge in [-0.05, 0) is 12.1 Å². The number of urea groups is 2. The molecule has 0 atom stereocenters. The van der Waals surface area contributed by atoms with Gasteiger partial charge in [-0.15, -0.1) is 0 Å². The summed E-state index contributed by atoms with van der Waals surface area (Å²) in [5.41, 5.74) is 0.326. The van der Waals surface area contributed by atoms with Gasteiger partial charge in [0.25, 0.3) is 0 Å². The standard InChI is InChI=1S/C11H13N3O4/c15-7-6-12-10(17)14(11(18)13-8-16)9-4-2-1-3-5-9/h1-5,7,16H,6,8H2,(H,12,17)(H,13,18). The molecule has 0 aliphatic rings. The Labute approximate surface area is 103 Å². The smallest absolute Gasteiger partial charge is 0.331 e. The number of aliphatic hydroxyl groups excluding tert-OH is 1. The topological polar surface area (TPSA) is 98.7 Å². The molecule has 0 aromatic heterocycles. The molecule has 1 aromatic rings. The lowest BCUT2D eigenvalue weighted by Crippen LogP contribution is -2.49. The van der Waals surface area contributed by atoms with Crippen molar-refractivity contribution in [2.24, 2.45) is 0 Å². The van der Waals surface area contributed by atoms with Crippen LogP contribution < -0.4 is 15.5 Å². The van der Waals surface area contributed by atoms with Gasteiger partial charge in [-0.25, -0.2) is 14.5 Å². The number of para-hydroxylation sites is 1. The molecule has 18 heavy (non-hydrogen) atoms. The molecule has 0 saturated heterocycles. The number of hydrogen-bond acceptors (Lipinski definition) is 4. The molecule has 0 radical (unpaired) electrons. The number of aliphatic hydroxyl groups is 1. The normalized spacial score (nSPS) is 9.39. The molecule has 7 nitrogen and oxygen atoms in total. The number of carbonyl (C=O) groups excluding carboxylic acids is 3. The Hall–Kier alpha value is -2.41. The second-order valence-corrected chi connectivity index (χ2v) is 3.16. The summed E-state index contributed by atoms with van der Waals surface area (Å²) in [5, 5.41) is 13.0. The summed E-state index contributed by atoms with van der Waals surface area (Å²) in [4.78, 5) is 34.4. The molecule has 3 N–H and O–H groups in total. The summed E-state index contributed by atoms with van der Waals surface area (Å²) in [6.07, 6.45) is 0.505. The summed E-state index contributed by atoms with van der Waals surface area (Å²) in [6.45, 7) is -0.794. The first-order chi connectivity index (χ1) is 8.70. The number of carbonyl (C=O) groups is 3. The Kier molecular flexibility index (Phi) is 5.33. The maximum Gasteiger partial charge on any atom is 0.331 e. The maximum atomic E-state index is 11.7. The van der Waals surface area contributed by atoms with E-state index in [0.29, 0.717) is 12.0 Å². The highest BCUT2D eigenvalue weighted by molar-refractivity contribution is 6.13. The molecule has 0 aliphatic heterocycles. The highest BCUT2D eigenvalue weighted by Crippen LogP contribution is 2.13. The zero-order valence-electron chi connectivity index (χ0n) is 9.50. The van der Waals surface area contributed by atoms with Crippen LogP contribution in [0.2, 0.25) is 0 Å². The number of anilines is 1. The average Bonchev–Trinajstić information content (AvgIpc) is 2.38.